The average molecular weight is 268 g/mol. The zero-order valence-corrected chi connectivity index (χ0v) is 10.5. The van der Waals surface area contributed by atoms with E-state index in [9.17, 15) is 20.0 Å². The maximum Gasteiger partial charge on any atom is 0.269 e. The van der Waals surface area contributed by atoms with Gasteiger partial charge in [-0.05, 0) is 18.6 Å². The lowest BCUT2D eigenvalue weighted by Gasteiger charge is -2.10. The number of non-ortho nitro benzene ring substituents is 1. The summed E-state index contributed by atoms with van der Waals surface area (Å²) in [5, 5.41) is 22.4. The van der Waals surface area contributed by atoms with E-state index in [2.05, 4.69) is 5.32 Å². The van der Waals surface area contributed by atoms with Crippen LogP contribution in [-0.4, -0.2) is 42.3 Å². The molecule has 104 valence electrons. The van der Waals surface area contributed by atoms with E-state index in [1.807, 2.05) is 0 Å². The molecule has 0 aromatic heterocycles. The first-order valence-corrected chi connectivity index (χ1v) is 5.74. The summed E-state index contributed by atoms with van der Waals surface area (Å²) in [5.74, 6) is -0.334. The third-order valence-electron chi connectivity index (χ3n) is 2.46. The van der Waals surface area contributed by atoms with Gasteiger partial charge in [0.1, 0.15) is 0 Å². The van der Waals surface area contributed by atoms with Crippen LogP contribution in [0.3, 0.4) is 0 Å². The average Bonchev–Trinajstić information content (AvgIpc) is 2.39. The van der Waals surface area contributed by atoms with Gasteiger partial charge in [0.2, 0.25) is 0 Å². The Morgan fingerprint density at radius 1 is 1.47 bits per heavy atom. The Morgan fingerprint density at radius 3 is 2.63 bits per heavy atom. The highest BCUT2D eigenvalue weighted by molar-refractivity contribution is 5.94. The van der Waals surface area contributed by atoms with Crippen molar-refractivity contribution in [2.45, 2.75) is 12.5 Å². The molecular weight excluding hydrogens is 252 g/mol. The van der Waals surface area contributed by atoms with Gasteiger partial charge in [-0.2, -0.15) is 0 Å². The van der Waals surface area contributed by atoms with Gasteiger partial charge in [-0.25, -0.2) is 0 Å². The number of ether oxygens (including phenoxy) is 1. The molecule has 19 heavy (non-hydrogen) atoms. The minimum atomic E-state index is -0.623. The summed E-state index contributed by atoms with van der Waals surface area (Å²) in [7, 11) is 1.48. The third-order valence-corrected chi connectivity index (χ3v) is 2.46. The van der Waals surface area contributed by atoms with E-state index in [1.165, 1.54) is 31.4 Å². The lowest BCUT2D eigenvalue weighted by Crippen LogP contribution is -2.28. The van der Waals surface area contributed by atoms with Gasteiger partial charge < -0.3 is 15.2 Å². The molecule has 2 N–H and O–H groups in total. The van der Waals surface area contributed by atoms with E-state index >= 15 is 0 Å². The van der Waals surface area contributed by atoms with Crippen LogP contribution in [0.25, 0.3) is 0 Å². The van der Waals surface area contributed by atoms with Gasteiger partial charge in [-0.1, -0.05) is 0 Å². The van der Waals surface area contributed by atoms with Gasteiger partial charge in [0.25, 0.3) is 11.6 Å². The maximum atomic E-state index is 11.7. The molecular formula is C12H16N2O5. The van der Waals surface area contributed by atoms with Crippen LogP contribution in [0.15, 0.2) is 24.3 Å². The van der Waals surface area contributed by atoms with Crippen molar-refractivity contribution in [3.05, 3.63) is 39.9 Å². The van der Waals surface area contributed by atoms with Gasteiger partial charge in [0, 0.05) is 31.4 Å². The first-order chi connectivity index (χ1) is 9.04. The number of benzene rings is 1. The third kappa shape index (κ3) is 5.02. The molecule has 0 bridgehead atoms. The minimum Gasteiger partial charge on any atom is -0.391 e. The SMILES string of the molecule is COCC(O)CCNC(=O)c1ccc([N+](=O)[O-])cc1. The molecule has 7 nitrogen and oxygen atoms in total. The molecule has 1 atom stereocenters. The summed E-state index contributed by atoms with van der Waals surface area (Å²) in [6, 6.07) is 5.32. The number of hydrogen-bond acceptors (Lipinski definition) is 5. The zero-order valence-electron chi connectivity index (χ0n) is 10.5. The van der Waals surface area contributed by atoms with Crippen LogP contribution in [0, 0.1) is 10.1 Å². The van der Waals surface area contributed by atoms with Gasteiger partial charge in [0.05, 0.1) is 17.6 Å². The lowest BCUT2D eigenvalue weighted by atomic mass is 10.2. The second-order valence-corrected chi connectivity index (χ2v) is 3.96. The highest BCUT2D eigenvalue weighted by atomic mass is 16.6. The fourth-order valence-corrected chi connectivity index (χ4v) is 1.46. The Kier molecular flexibility index (Phi) is 5.91. The predicted molar refractivity (Wildman–Crippen MR) is 67.9 cm³/mol. The molecule has 0 aliphatic rings. The summed E-state index contributed by atoms with van der Waals surface area (Å²) < 4.78 is 4.75. The number of aliphatic hydroxyl groups is 1. The van der Waals surface area contributed by atoms with Gasteiger partial charge in [-0.3, -0.25) is 14.9 Å². The standard InChI is InChI=1S/C12H16N2O5/c1-19-8-11(15)6-7-13-12(16)9-2-4-10(5-3-9)14(17)18/h2-5,11,15H,6-8H2,1H3,(H,13,16). The van der Waals surface area contributed by atoms with Crippen LogP contribution in [0.4, 0.5) is 5.69 Å². The van der Waals surface area contributed by atoms with Crippen LogP contribution in [0.5, 0.6) is 0 Å². The van der Waals surface area contributed by atoms with Gasteiger partial charge >= 0.3 is 0 Å². The zero-order chi connectivity index (χ0) is 14.3. The fraction of sp³-hybridized carbons (Fsp3) is 0.417. The van der Waals surface area contributed by atoms with Gasteiger partial charge in [0.15, 0.2) is 0 Å². The topological polar surface area (TPSA) is 102 Å². The Labute approximate surface area is 110 Å². The molecule has 0 radical (unpaired) electrons. The molecule has 0 fully saturated rings. The number of nitro groups is 1. The summed E-state index contributed by atoms with van der Waals surface area (Å²) >= 11 is 0. The molecule has 0 aliphatic carbocycles. The molecule has 1 aromatic carbocycles. The summed E-state index contributed by atoms with van der Waals surface area (Å²) in [4.78, 5) is 21.6. The number of methoxy groups -OCH3 is 1. The highest BCUT2D eigenvalue weighted by Gasteiger charge is 2.10. The first kappa shape index (κ1) is 15.1. The minimum absolute atomic E-state index is 0.0629. The van der Waals surface area contributed by atoms with E-state index in [0.29, 0.717) is 18.5 Å². The van der Waals surface area contributed by atoms with Crippen molar-refractivity contribution in [3.8, 4) is 0 Å². The molecule has 0 spiro atoms. The number of amides is 1. The molecule has 0 saturated heterocycles. The van der Waals surface area contributed by atoms with E-state index in [4.69, 9.17) is 4.74 Å². The van der Waals surface area contributed by atoms with Crippen molar-refractivity contribution in [3.63, 3.8) is 0 Å². The molecule has 1 unspecified atom stereocenters. The Morgan fingerprint density at radius 2 is 2.11 bits per heavy atom. The second-order valence-electron chi connectivity index (χ2n) is 3.96. The number of aliphatic hydroxyl groups excluding tert-OH is 1. The number of nitro benzene ring substituents is 1. The molecule has 1 amide bonds. The summed E-state index contributed by atoms with van der Waals surface area (Å²) in [5.41, 5.74) is 0.277. The monoisotopic (exact) mass is 268 g/mol. The van der Waals surface area contributed by atoms with E-state index in [0.717, 1.165) is 0 Å². The Bertz CT molecular complexity index is 432. The molecule has 0 aliphatic heterocycles. The second kappa shape index (κ2) is 7.45. The number of nitrogens with one attached hydrogen (secondary N) is 1. The largest absolute Gasteiger partial charge is 0.391 e. The summed E-state index contributed by atoms with van der Waals surface area (Å²) in [6.07, 6.45) is -0.241. The van der Waals surface area contributed by atoms with Gasteiger partial charge in [-0.15, -0.1) is 0 Å². The molecule has 0 saturated carbocycles. The number of carbonyl (C=O) groups is 1. The van der Waals surface area contributed by atoms with E-state index < -0.39 is 11.0 Å². The van der Waals surface area contributed by atoms with Crippen molar-refractivity contribution in [1.29, 1.82) is 0 Å². The van der Waals surface area contributed by atoms with Crippen LogP contribution >= 0.6 is 0 Å². The smallest absolute Gasteiger partial charge is 0.269 e. The van der Waals surface area contributed by atoms with E-state index in [-0.39, 0.29) is 18.2 Å². The fourth-order valence-electron chi connectivity index (χ4n) is 1.46. The van der Waals surface area contributed by atoms with Crippen LogP contribution in [-0.2, 0) is 4.74 Å². The predicted octanol–water partition coefficient (Wildman–Crippen LogP) is 0.722. The first-order valence-electron chi connectivity index (χ1n) is 5.74. The normalized spacial score (nSPS) is 11.9. The highest BCUT2D eigenvalue weighted by Crippen LogP contribution is 2.11. The lowest BCUT2D eigenvalue weighted by molar-refractivity contribution is -0.384. The van der Waals surface area contributed by atoms with Crippen LogP contribution < -0.4 is 5.32 Å². The Hall–Kier alpha value is -1.99. The molecule has 1 aromatic rings. The number of carbonyl (C=O) groups excluding carboxylic acids is 1. The number of hydrogen-bond donors (Lipinski definition) is 2. The molecule has 1 rings (SSSR count). The number of rotatable bonds is 7. The van der Waals surface area contributed by atoms with Crippen molar-refractivity contribution in [1.82, 2.24) is 5.32 Å². The van der Waals surface area contributed by atoms with Crippen molar-refractivity contribution < 1.29 is 19.6 Å². The Balaban J connectivity index is 2.43. The molecule has 7 heteroatoms. The quantitative estimate of drug-likeness (QED) is 0.560. The van der Waals surface area contributed by atoms with Crippen molar-refractivity contribution in [2.75, 3.05) is 20.3 Å². The molecule has 0 heterocycles. The number of nitrogens with zero attached hydrogens (tertiary/aromatic N) is 1. The van der Waals surface area contributed by atoms with Crippen LogP contribution in [0.2, 0.25) is 0 Å². The van der Waals surface area contributed by atoms with Crippen LogP contribution in [0.1, 0.15) is 16.8 Å². The van der Waals surface area contributed by atoms with Crippen molar-refractivity contribution in [2.24, 2.45) is 0 Å². The van der Waals surface area contributed by atoms with Crippen molar-refractivity contribution >= 4 is 11.6 Å². The summed E-state index contributed by atoms with van der Waals surface area (Å²) in [6.45, 7) is 0.522. The van der Waals surface area contributed by atoms with E-state index in [1.54, 1.807) is 0 Å². The maximum absolute atomic E-state index is 11.7.